The van der Waals surface area contributed by atoms with Crippen LogP contribution >= 0.6 is 125 Å². The van der Waals surface area contributed by atoms with Gasteiger partial charge >= 0.3 is 0 Å². The van der Waals surface area contributed by atoms with E-state index in [1.54, 1.807) is 23.5 Å². The molecule has 0 radical (unpaired) electrons. The maximum absolute atomic E-state index is 4.79. The molecule has 21 heavy (non-hydrogen) atoms. The molecule has 0 aromatic heterocycles. The van der Waals surface area contributed by atoms with Crippen LogP contribution in [0.25, 0.3) is 0 Å². The van der Waals surface area contributed by atoms with Crippen LogP contribution < -0.4 is 0 Å². The van der Waals surface area contributed by atoms with Crippen molar-refractivity contribution in [3.63, 3.8) is 0 Å². The lowest BCUT2D eigenvalue weighted by Crippen LogP contribution is -2.36. The van der Waals surface area contributed by atoms with Crippen LogP contribution in [0.3, 0.4) is 0 Å². The Morgan fingerprint density at radius 2 is 0.905 bits per heavy atom. The molecule has 0 fully saturated rings. The normalized spacial score (nSPS) is 20.6. The Balaban J connectivity index is 4.71. The highest BCUT2D eigenvalue weighted by molar-refractivity contribution is 8.11. The number of rotatable bonds is 12. The van der Waals surface area contributed by atoms with Crippen molar-refractivity contribution in [1.82, 2.24) is 0 Å². The largest absolute Gasteiger partial charge is 0.178 e. The van der Waals surface area contributed by atoms with Gasteiger partial charge in [-0.05, 0) is 6.42 Å². The van der Waals surface area contributed by atoms with Crippen molar-refractivity contribution >= 4 is 125 Å². The molecular formula is C11H24S10. The Labute approximate surface area is 182 Å². The number of thiol groups is 8. The Kier molecular flexibility index (Phi) is 17.1. The molecule has 0 heterocycles. The molecule has 0 aromatic carbocycles. The first-order chi connectivity index (χ1) is 9.92. The minimum atomic E-state index is 0.196. The zero-order valence-electron chi connectivity index (χ0n) is 11.4. The predicted octanol–water partition coefficient (Wildman–Crippen LogP) is 4.41. The highest BCUT2D eigenvalue weighted by atomic mass is 32.2. The van der Waals surface area contributed by atoms with Crippen LogP contribution in [0.4, 0.5) is 0 Å². The summed E-state index contributed by atoms with van der Waals surface area (Å²) in [6, 6.07) is 0. The fourth-order valence-corrected chi connectivity index (χ4v) is 8.03. The summed E-state index contributed by atoms with van der Waals surface area (Å²) in [5.74, 6) is 1.45. The minimum absolute atomic E-state index is 0.196. The van der Waals surface area contributed by atoms with Crippen LogP contribution in [0.1, 0.15) is 6.42 Å². The van der Waals surface area contributed by atoms with Gasteiger partial charge in [-0.15, -0.1) is 23.5 Å². The quantitative estimate of drug-likeness (QED) is 0.155. The maximum atomic E-state index is 4.79. The van der Waals surface area contributed by atoms with Crippen LogP contribution in [0, 0.1) is 0 Å². The number of thioether (sulfide) groups is 2. The van der Waals surface area contributed by atoms with E-state index in [9.17, 15) is 0 Å². The van der Waals surface area contributed by atoms with Gasteiger partial charge in [-0.3, -0.25) is 0 Å². The van der Waals surface area contributed by atoms with Gasteiger partial charge in [0.15, 0.2) is 0 Å². The van der Waals surface area contributed by atoms with E-state index in [4.69, 9.17) is 25.3 Å². The molecule has 0 aromatic rings. The topological polar surface area (TPSA) is 0 Å². The summed E-state index contributed by atoms with van der Waals surface area (Å²) in [7, 11) is 0. The summed E-state index contributed by atoms with van der Waals surface area (Å²) in [5, 5.41) is 2.90. The van der Waals surface area contributed by atoms with Crippen molar-refractivity contribution < 1.29 is 0 Å². The zero-order valence-corrected chi connectivity index (χ0v) is 20.2. The lowest BCUT2D eigenvalue weighted by Gasteiger charge is -2.32. The highest BCUT2D eigenvalue weighted by Crippen LogP contribution is 2.34. The first-order valence-electron chi connectivity index (χ1n) is 6.31. The van der Waals surface area contributed by atoms with E-state index in [2.05, 4.69) is 75.8 Å². The van der Waals surface area contributed by atoms with Gasteiger partial charge in [0.1, 0.15) is 0 Å². The van der Waals surface area contributed by atoms with E-state index in [1.807, 2.05) is 0 Å². The molecule has 0 spiro atoms. The third kappa shape index (κ3) is 9.68. The van der Waals surface area contributed by atoms with Gasteiger partial charge in [-0.2, -0.15) is 101 Å². The lowest BCUT2D eigenvalue weighted by molar-refractivity contribution is 0.666. The molecule has 128 valence electrons. The van der Waals surface area contributed by atoms with Crippen molar-refractivity contribution in [2.45, 2.75) is 37.9 Å². The SMILES string of the molecule is SCSC(C(S)CS)C(S)CC(S)C(SCS)C(S)CS. The lowest BCUT2D eigenvalue weighted by atomic mass is 10.1. The summed E-state index contributed by atoms with van der Waals surface area (Å²) in [4.78, 5) is 0. The molecule has 6 unspecified atom stereocenters. The van der Waals surface area contributed by atoms with E-state index in [-0.39, 0.29) is 21.0 Å². The molecule has 0 aliphatic rings. The first kappa shape index (κ1) is 24.5. The molecule has 0 aliphatic heterocycles. The summed E-state index contributed by atoms with van der Waals surface area (Å²) in [6.07, 6.45) is 0.888. The molecule has 0 saturated heterocycles. The van der Waals surface area contributed by atoms with Gasteiger partial charge in [0.05, 0.1) is 0 Å². The average molecular weight is 477 g/mol. The first-order valence-corrected chi connectivity index (χ1v) is 13.0. The van der Waals surface area contributed by atoms with E-state index in [1.165, 1.54) is 0 Å². The Hall–Kier alpha value is 3.50. The van der Waals surface area contributed by atoms with Crippen molar-refractivity contribution in [2.75, 3.05) is 21.7 Å². The van der Waals surface area contributed by atoms with Crippen LogP contribution in [-0.2, 0) is 0 Å². The Morgan fingerprint density at radius 3 is 1.14 bits per heavy atom. The van der Waals surface area contributed by atoms with E-state index >= 15 is 0 Å². The van der Waals surface area contributed by atoms with Gasteiger partial charge < -0.3 is 0 Å². The number of hydrogen-bond donors (Lipinski definition) is 8. The summed E-state index contributed by atoms with van der Waals surface area (Å²) < 4.78 is 0. The van der Waals surface area contributed by atoms with Crippen LogP contribution in [-0.4, -0.2) is 53.2 Å². The average Bonchev–Trinajstić information content (AvgIpc) is 2.48. The molecule has 0 aliphatic carbocycles. The second-order valence-corrected chi connectivity index (χ2v) is 11.6. The summed E-state index contributed by atoms with van der Waals surface area (Å²) in [6.45, 7) is 0. The van der Waals surface area contributed by atoms with Gasteiger partial charge in [0, 0.05) is 53.2 Å². The zero-order chi connectivity index (χ0) is 16.4. The van der Waals surface area contributed by atoms with E-state index in [0.717, 1.165) is 28.1 Å². The van der Waals surface area contributed by atoms with Crippen LogP contribution in [0.2, 0.25) is 0 Å². The molecule has 6 atom stereocenters. The standard InChI is InChI=1S/C11H24S10/c12-2-8(18)10(20-4-14)6(16)1-7(17)11(21-5-15)9(19)3-13/h6-19H,1-5H2. The fourth-order valence-electron chi connectivity index (χ4n) is 1.85. The third-order valence-corrected chi connectivity index (χ3v) is 10.4. The van der Waals surface area contributed by atoms with Crippen molar-refractivity contribution in [2.24, 2.45) is 0 Å². The van der Waals surface area contributed by atoms with Crippen molar-refractivity contribution in [1.29, 1.82) is 0 Å². The smallest absolute Gasteiger partial charge is 0.0365 e. The fraction of sp³-hybridized carbons (Fsp3) is 1.00. The Morgan fingerprint density at radius 1 is 0.571 bits per heavy atom. The molecule has 10 heteroatoms. The minimum Gasteiger partial charge on any atom is -0.178 e. The van der Waals surface area contributed by atoms with E-state index < -0.39 is 0 Å². The van der Waals surface area contributed by atoms with Gasteiger partial charge in [0.25, 0.3) is 0 Å². The second kappa shape index (κ2) is 14.6. The number of hydrogen-bond acceptors (Lipinski definition) is 10. The third-order valence-electron chi connectivity index (χ3n) is 2.91. The molecule has 0 saturated carbocycles. The van der Waals surface area contributed by atoms with Crippen molar-refractivity contribution in [3.05, 3.63) is 0 Å². The van der Waals surface area contributed by atoms with E-state index in [0.29, 0.717) is 10.5 Å². The molecule has 0 rings (SSSR count). The highest BCUT2D eigenvalue weighted by Gasteiger charge is 2.31. The van der Waals surface area contributed by atoms with Crippen LogP contribution in [0.15, 0.2) is 0 Å². The second-order valence-electron chi connectivity index (χ2n) is 4.39. The molecular weight excluding hydrogens is 453 g/mol. The molecule has 0 N–H and O–H groups in total. The van der Waals surface area contributed by atoms with Crippen LogP contribution in [0.5, 0.6) is 0 Å². The van der Waals surface area contributed by atoms with Gasteiger partial charge in [0.2, 0.25) is 0 Å². The molecule has 0 amide bonds. The Bertz CT molecular complexity index is 229. The molecule has 0 nitrogen and oxygen atoms in total. The van der Waals surface area contributed by atoms with Gasteiger partial charge in [-0.25, -0.2) is 0 Å². The van der Waals surface area contributed by atoms with Gasteiger partial charge in [-0.1, -0.05) is 0 Å². The maximum Gasteiger partial charge on any atom is 0.0365 e. The monoisotopic (exact) mass is 476 g/mol. The molecule has 0 bridgehead atoms. The predicted molar refractivity (Wildman–Crippen MR) is 134 cm³/mol. The van der Waals surface area contributed by atoms with Crippen molar-refractivity contribution in [3.8, 4) is 0 Å². The summed E-state index contributed by atoms with van der Waals surface area (Å²) >= 11 is 39.7. The summed E-state index contributed by atoms with van der Waals surface area (Å²) in [5.41, 5.74) is 0.